The first-order chi connectivity index (χ1) is 6.59. The van der Waals surface area contributed by atoms with Gasteiger partial charge in [-0.3, -0.25) is 4.79 Å². The van der Waals surface area contributed by atoms with Gasteiger partial charge in [0.25, 0.3) is 0 Å². The first-order valence-electron chi connectivity index (χ1n) is 3.89. The lowest BCUT2D eigenvalue weighted by Crippen LogP contribution is -2.28. The highest BCUT2D eigenvalue weighted by atomic mass is 35.5. The van der Waals surface area contributed by atoms with Crippen molar-refractivity contribution in [1.29, 1.82) is 0 Å². The molecular formula is C9H5Cl3O2. The predicted molar refractivity (Wildman–Crippen MR) is 55.9 cm³/mol. The van der Waals surface area contributed by atoms with E-state index in [1.54, 1.807) is 0 Å². The SMILES string of the molecule is O=C1c2cc(Cl)cc(Cl)c2OC[C@@H]1Cl. The van der Waals surface area contributed by atoms with Gasteiger partial charge < -0.3 is 4.74 Å². The molecule has 1 atom stereocenters. The van der Waals surface area contributed by atoms with Gasteiger partial charge >= 0.3 is 0 Å². The Hall–Kier alpha value is -0.440. The molecule has 0 radical (unpaired) electrons. The molecule has 1 heterocycles. The predicted octanol–water partition coefficient (Wildman–Crippen LogP) is 3.18. The van der Waals surface area contributed by atoms with Gasteiger partial charge in [-0.25, -0.2) is 0 Å². The fourth-order valence-electron chi connectivity index (χ4n) is 1.29. The Kier molecular flexibility index (Phi) is 2.60. The number of benzene rings is 1. The normalized spacial score (nSPS) is 20.2. The molecule has 0 saturated carbocycles. The fourth-order valence-corrected chi connectivity index (χ4v) is 2.02. The zero-order chi connectivity index (χ0) is 10.3. The molecule has 1 aromatic carbocycles. The molecule has 1 aromatic rings. The molecule has 1 aliphatic heterocycles. The highest BCUT2D eigenvalue weighted by Gasteiger charge is 2.29. The molecule has 2 rings (SSSR count). The number of fused-ring (bicyclic) bond motifs is 1. The second-order valence-electron chi connectivity index (χ2n) is 2.91. The third-order valence-corrected chi connectivity index (χ3v) is 2.76. The van der Waals surface area contributed by atoms with Crippen molar-refractivity contribution in [3.8, 4) is 5.75 Å². The number of halogens is 3. The van der Waals surface area contributed by atoms with Crippen molar-refractivity contribution in [3.05, 3.63) is 27.7 Å². The Morgan fingerprint density at radius 3 is 2.79 bits per heavy atom. The Balaban J connectivity index is 2.60. The van der Waals surface area contributed by atoms with Crippen molar-refractivity contribution in [2.24, 2.45) is 0 Å². The van der Waals surface area contributed by atoms with Crippen LogP contribution >= 0.6 is 34.8 Å². The summed E-state index contributed by atoms with van der Waals surface area (Å²) >= 11 is 17.4. The summed E-state index contributed by atoms with van der Waals surface area (Å²) in [5.74, 6) is 0.176. The quantitative estimate of drug-likeness (QED) is 0.662. The van der Waals surface area contributed by atoms with E-state index in [0.717, 1.165) is 0 Å². The first-order valence-corrected chi connectivity index (χ1v) is 5.09. The summed E-state index contributed by atoms with van der Waals surface area (Å²) in [4.78, 5) is 11.6. The van der Waals surface area contributed by atoms with E-state index >= 15 is 0 Å². The maximum atomic E-state index is 11.6. The summed E-state index contributed by atoms with van der Waals surface area (Å²) < 4.78 is 5.25. The van der Waals surface area contributed by atoms with Gasteiger partial charge in [-0.05, 0) is 12.1 Å². The monoisotopic (exact) mass is 250 g/mol. The minimum atomic E-state index is -0.656. The summed E-state index contributed by atoms with van der Waals surface area (Å²) in [5.41, 5.74) is 0.355. The second-order valence-corrected chi connectivity index (χ2v) is 4.28. The minimum Gasteiger partial charge on any atom is -0.489 e. The number of Topliss-reactive ketones (excluding diaryl/α,β-unsaturated/α-hetero) is 1. The molecule has 0 fully saturated rings. The molecule has 0 spiro atoms. The Labute approximate surface area is 95.7 Å². The largest absolute Gasteiger partial charge is 0.489 e. The molecule has 74 valence electrons. The molecule has 5 heteroatoms. The van der Waals surface area contributed by atoms with Crippen LogP contribution in [0.25, 0.3) is 0 Å². The van der Waals surface area contributed by atoms with E-state index in [-0.39, 0.29) is 12.4 Å². The average Bonchev–Trinajstić information content (AvgIpc) is 2.12. The molecule has 0 N–H and O–H groups in total. The van der Waals surface area contributed by atoms with Gasteiger partial charge in [-0.2, -0.15) is 0 Å². The van der Waals surface area contributed by atoms with Crippen LogP contribution in [0.4, 0.5) is 0 Å². The van der Waals surface area contributed by atoms with Crippen molar-refractivity contribution in [3.63, 3.8) is 0 Å². The lowest BCUT2D eigenvalue weighted by molar-refractivity contribution is 0.0939. The molecule has 2 nitrogen and oxygen atoms in total. The first kappa shape index (κ1) is 10.1. The number of rotatable bonds is 0. The number of hydrogen-bond donors (Lipinski definition) is 0. The number of ether oxygens (including phenoxy) is 1. The summed E-state index contributed by atoms with van der Waals surface area (Å²) in [6.07, 6.45) is 0. The molecule has 0 aromatic heterocycles. The van der Waals surface area contributed by atoms with Crippen molar-refractivity contribution < 1.29 is 9.53 Å². The van der Waals surface area contributed by atoms with Crippen molar-refractivity contribution in [2.45, 2.75) is 5.38 Å². The maximum absolute atomic E-state index is 11.6. The van der Waals surface area contributed by atoms with E-state index < -0.39 is 5.38 Å². The van der Waals surface area contributed by atoms with E-state index in [0.29, 0.717) is 21.4 Å². The molecule has 0 bridgehead atoms. The zero-order valence-corrected chi connectivity index (χ0v) is 9.16. The Morgan fingerprint density at radius 1 is 1.36 bits per heavy atom. The smallest absolute Gasteiger partial charge is 0.187 e. The highest BCUT2D eigenvalue weighted by molar-refractivity contribution is 6.39. The summed E-state index contributed by atoms with van der Waals surface area (Å²) in [5, 5.41) is 0.0814. The molecule has 0 saturated heterocycles. The molecule has 0 amide bonds. The molecular weight excluding hydrogens is 246 g/mol. The van der Waals surface area contributed by atoms with Crippen LogP contribution in [0.3, 0.4) is 0 Å². The fraction of sp³-hybridized carbons (Fsp3) is 0.222. The minimum absolute atomic E-state index is 0.148. The van der Waals surface area contributed by atoms with E-state index in [1.165, 1.54) is 12.1 Å². The van der Waals surface area contributed by atoms with Crippen LogP contribution in [-0.2, 0) is 0 Å². The number of alkyl halides is 1. The number of ketones is 1. The van der Waals surface area contributed by atoms with E-state index in [9.17, 15) is 4.79 Å². The van der Waals surface area contributed by atoms with E-state index in [2.05, 4.69) is 0 Å². The van der Waals surface area contributed by atoms with Crippen LogP contribution in [0.15, 0.2) is 12.1 Å². The molecule has 0 unspecified atom stereocenters. The van der Waals surface area contributed by atoms with Crippen molar-refractivity contribution in [2.75, 3.05) is 6.61 Å². The second kappa shape index (κ2) is 3.61. The lowest BCUT2D eigenvalue weighted by Gasteiger charge is -2.21. The molecule has 14 heavy (non-hydrogen) atoms. The third kappa shape index (κ3) is 1.58. The Morgan fingerprint density at radius 2 is 2.07 bits per heavy atom. The van der Waals surface area contributed by atoms with Crippen LogP contribution in [0, 0.1) is 0 Å². The lowest BCUT2D eigenvalue weighted by atomic mass is 10.1. The van der Waals surface area contributed by atoms with Crippen LogP contribution in [0.5, 0.6) is 5.75 Å². The third-order valence-electron chi connectivity index (χ3n) is 1.93. The van der Waals surface area contributed by atoms with Crippen LogP contribution in [0.1, 0.15) is 10.4 Å². The van der Waals surface area contributed by atoms with E-state index in [4.69, 9.17) is 39.5 Å². The molecule has 1 aliphatic rings. The molecule has 0 aliphatic carbocycles. The number of carbonyl (C=O) groups is 1. The number of hydrogen-bond acceptors (Lipinski definition) is 2. The van der Waals surface area contributed by atoms with Gasteiger partial charge in [-0.15, -0.1) is 11.6 Å². The van der Waals surface area contributed by atoms with Crippen LogP contribution < -0.4 is 4.74 Å². The van der Waals surface area contributed by atoms with Crippen LogP contribution in [0.2, 0.25) is 10.0 Å². The summed E-state index contributed by atoms with van der Waals surface area (Å²) in [7, 11) is 0. The van der Waals surface area contributed by atoms with Crippen LogP contribution in [-0.4, -0.2) is 17.8 Å². The van der Waals surface area contributed by atoms with Gasteiger partial charge in [0.1, 0.15) is 17.7 Å². The summed E-state index contributed by atoms with van der Waals surface area (Å²) in [6, 6.07) is 3.05. The van der Waals surface area contributed by atoms with E-state index in [1.807, 2.05) is 0 Å². The van der Waals surface area contributed by atoms with Gasteiger partial charge in [0.2, 0.25) is 0 Å². The Bertz CT molecular complexity index is 403. The highest BCUT2D eigenvalue weighted by Crippen LogP contribution is 2.36. The summed E-state index contributed by atoms with van der Waals surface area (Å²) in [6.45, 7) is 0.148. The van der Waals surface area contributed by atoms with Gasteiger partial charge in [-0.1, -0.05) is 23.2 Å². The van der Waals surface area contributed by atoms with Crippen molar-refractivity contribution >= 4 is 40.6 Å². The number of carbonyl (C=O) groups excluding carboxylic acids is 1. The van der Waals surface area contributed by atoms with Gasteiger partial charge in [0, 0.05) is 5.02 Å². The van der Waals surface area contributed by atoms with Gasteiger partial charge in [0.15, 0.2) is 5.78 Å². The zero-order valence-electron chi connectivity index (χ0n) is 6.89. The standard InChI is InChI=1S/C9H5Cl3O2/c10-4-1-5-8(13)7(12)3-14-9(5)6(11)2-4/h1-2,7H,3H2/t7-/m0/s1. The van der Waals surface area contributed by atoms with Crippen molar-refractivity contribution in [1.82, 2.24) is 0 Å². The van der Waals surface area contributed by atoms with Gasteiger partial charge in [0.05, 0.1) is 10.6 Å². The average molecular weight is 251 g/mol. The maximum Gasteiger partial charge on any atom is 0.187 e. The topological polar surface area (TPSA) is 26.3 Å².